The van der Waals surface area contributed by atoms with Gasteiger partial charge in [0.05, 0.1) is 17.4 Å². The molecule has 0 saturated heterocycles. The van der Waals surface area contributed by atoms with E-state index in [-0.39, 0.29) is 6.10 Å². The highest BCUT2D eigenvalue weighted by Gasteiger charge is 2.15. The van der Waals surface area contributed by atoms with Crippen LogP contribution in [0.25, 0.3) is 0 Å². The van der Waals surface area contributed by atoms with Gasteiger partial charge in [-0.2, -0.15) is 5.26 Å². The maximum Gasteiger partial charge on any atom is 0.101 e. The summed E-state index contributed by atoms with van der Waals surface area (Å²) in [5.74, 6) is 0.316. The highest BCUT2D eigenvalue weighted by Crippen LogP contribution is 2.16. The molecule has 0 aliphatic heterocycles. The molecule has 0 radical (unpaired) electrons. The zero-order valence-corrected chi connectivity index (χ0v) is 10.5. The molecule has 0 aromatic heterocycles. The third-order valence-corrected chi connectivity index (χ3v) is 3.14. The fourth-order valence-corrected chi connectivity index (χ4v) is 1.95. The molecular weight excluding hydrogens is 212 g/mol. The van der Waals surface area contributed by atoms with Crippen LogP contribution >= 0.6 is 0 Å². The maximum absolute atomic E-state index is 9.99. The number of nitrogens with zero attached hydrogens (tertiary/aromatic N) is 1. The van der Waals surface area contributed by atoms with Crippen LogP contribution in [0.15, 0.2) is 24.3 Å². The number of nitrogens with one attached hydrogen (secondary N) is 1. The largest absolute Gasteiger partial charge is 0.391 e. The van der Waals surface area contributed by atoms with Gasteiger partial charge in [-0.15, -0.1) is 0 Å². The molecule has 0 amide bonds. The number of anilines is 1. The van der Waals surface area contributed by atoms with E-state index in [0.29, 0.717) is 18.0 Å². The van der Waals surface area contributed by atoms with Gasteiger partial charge in [-0.1, -0.05) is 38.8 Å². The second-order valence-electron chi connectivity index (χ2n) is 4.18. The van der Waals surface area contributed by atoms with Crippen LogP contribution in [0, 0.1) is 17.2 Å². The fraction of sp³-hybridized carbons (Fsp3) is 0.500. The first kappa shape index (κ1) is 13.5. The highest BCUT2D eigenvalue weighted by molar-refractivity contribution is 5.57. The summed E-state index contributed by atoms with van der Waals surface area (Å²) < 4.78 is 0. The molecular formula is C14H20N2O. The highest BCUT2D eigenvalue weighted by atomic mass is 16.3. The van der Waals surface area contributed by atoms with E-state index in [2.05, 4.69) is 25.2 Å². The molecule has 3 nitrogen and oxygen atoms in total. The average molecular weight is 232 g/mol. The van der Waals surface area contributed by atoms with E-state index in [0.717, 1.165) is 18.5 Å². The monoisotopic (exact) mass is 232 g/mol. The zero-order valence-electron chi connectivity index (χ0n) is 10.5. The second-order valence-corrected chi connectivity index (χ2v) is 4.18. The second kappa shape index (κ2) is 6.93. The molecule has 1 aromatic carbocycles. The smallest absolute Gasteiger partial charge is 0.101 e. The Morgan fingerprint density at radius 3 is 2.53 bits per heavy atom. The molecule has 3 heteroatoms. The van der Waals surface area contributed by atoms with Gasteiger partial charge in [-0.3, -0.25) is 0 Å². The number of aliphatic hydroxyl groups is 1. The Morgan fingerprint density at radius 1 is 1.29 bits per heavy atom. The Labute approximate surface area is 103 Å². The quantitative estimate of drug-likeness (QED) is 0.793. The van der Waals surface area contributed by atoms with Crippen molar-refractivity contribution in [3.63, 3.8) is 0 Å². The zero-order chi connectivity index (χ0) is 12.7. The number of benzene rings is 1. The van der Waals surface area contributed by atoms with Gasteiger partial charge in [0.25, 0.3) is 0 Å². The SMILES string of the molecule is CCC(CC)C(O)CNc1ccccc1C#N. The van der Waals surface area contributed by atoms with E-state index >= 15 is 0 Å². The first-order valence-corrected chi connectivity index (χ1v) is 6.14. The van der Waals surface area contributed by atoms with Crippen molar-refractivity contribution in [2.45, 2.75) is 32.8 Å². The standard InChI is InChI=1S/C14H20N2O/c1-3-11(4-2)14(17)10-16-13-8-6-5-7-12(13)9-15/h5-8,11,14,16-17H,3-4,10H2,1-2H3. The lowest BCUT2D eigenvalue weighted by Crippen LogP contribution is -2.27. The van der Waals surface area contributed by atoms with E-state index in [4.69, 9.17) is 5.26 Å². The van der Waals surface area contributed by atoms with Crippen molar-refractivity contribution >= 4 is 5.69 Å². The topological polar surface area (TPSA) is 56.0 Å². The normalized spacial score (nSPS) is 12.2. The van der Waals surface area contributed by atoms with Gasteiger partial charge in [0.1, 0.15) is 6.07 Å². The molecule has 1 aromatic rings. The molecule has 0 fully saturated rings. The number of para-hydroxylation sites is 1. The first-order chi connectivity index (χ1) is 8.22. The fourth-order valence-electron chi connectivity index (χ4n) is 1.95. The Hall–Kier alpha value is -1.53. The van der Waals surface area contributed by atoms with Crippen molar-refractivity contribution in [1.29, 1.82) is 5.26 Å². The molecule has 0 heterocycles. The van der Waals surface area contributed by atoms with Crippen molar-refractivity contribution in [2.75, 3.05) is 11.9 Å². The minimum Gasteiger partial charge on any atom is -0.391 e. The van der Waals surface area contributed by atoms with Crippen LogP contribution < -0.4 is 5.32 Å². The number of rotatable bonds is 6. The van der Waals surface area contributed by atoms with E-state index < -0.39 is 0 Å². The minimum absolute atomic E-state index is 0.316. The molecule has 1 rings (SSSR count). The Kier molecular flexibility index (Phi) is 5.51. The molecule has 0 aliphatic rings. The van der Waals surface area contributed by atoms with Gasteiger partial charge in [-0.05, 0) is 18.1 Å². The van der Waals surface area contributed by atoms with Crippen LogP contribution in [-0.4, -0.2) is 17.8 Å². The summed E-state index contributed by atoms with van der Waals surface area (Å²) in [5.41, 5.74) is 1.41. The molecule has 0 spiro atoms. The van der Waals surface area contributed by atoms with Crippen molar-refractivity contribution in [3.05, 3.63) is 29.8 Å². The van der Waals surface area contributed by atoms with Gasteiger partial charge < -0.3 is 10.4 Å². The van der Waals surface area contributed by atoms with Gasteiger partial charge in [0.15, 0.2) is 0 Å². The average Bonchev–Trinajstić information content (AvgIpc) is 2.38. The lowest BCUT2D eigenvalue weighted by Gasteiger charge is -2.21. The third kappa shape index (κ3) is 3.76. The van der Waals surface area contributed by atoms with Crippen LogP contribution in [0.3, 0.4) is 0 Å². The van der Waals surface area contributed by atoms with Crippen molar-refractivity contribution < 1.29 is 5.11 Å². The molecule has 0 aliphatic carbocycles. The Balaban J connectivity index is 2.58. The molecule has 2 N–H and O–H groups in total. The number of hydrogen-bond donors (Lipinski definition) is 2. The van der Waals surface area contributed by atoms with E-state index in [1.165, 1.54) is 0 Å². The minimum atomic E-state index is -0.364. The molecule has 1 atom stereocenters. The van der Waals surface area contributed by atoms with Gasteiger partial charge in [-0.25, -0.2) is 0 Å². The van der Waals surface area contributed by atoms with Crippen LogP contribution in [0.5, 0.6) is 0 Å². The van der Waals surface area contributed by atoms with Gasteiger partial charge >= 0.3 is 0 Å². The number of nitriles is 1. The number of aliphatic hydroxyl groups excluding tert-OH is 1. The molecule has 0 bridgehead atoms. The van der Waals surface area contributed by atoms with E-state index in [1.54, 1.807) is 6.07 Å². The molecule has 0 saturated carbocycles. The summed E-state index contributed by atoms with van der Waals surface area (Å²) in [7, 11) is 0. The van der Waals surface area contributed by atoms with E-state index in [1.807, 2.05) is 18.2 Å². The summed E-state index contributed by atoms with van der Waals surface area (Å²) in [4.78, 5) is 0. The van der Waals surface area contributed by atoms with Crippen LogP contribution in [0.4, 0.5) is 5.69 Å². The lowest BCUT2D eigenvalue weighted by atomic mass is 9.96. The third-order valence-electron chi connectivity index (χ3n) is 3.14. The van der Waals surface area contributed by atoms with Crippen molar-refractivity contribution in [3.8, 4) is 6.07 Å². The van der Waals surface area contributed by atoms with Crippen molar-refractivity contribution in [1.82, 2.24) is 0 Å². The summed E-state index contributed by atoms with van der Waals surface area (Å²) in [6.45, 7) is 4.66. The summed E-state index contributed by atoms with van der Waals surface area (Å²) in [6.07, 6.45) is 1.58. The van der Waals surface area contributed by atoms with Crippen molar-refractivity contribution in [2.24, 2.45) is 5.92 Å². The van der Waals surface area contributed by atoms with Gasteiger partial charge in [0, 0.05) is 6.54 Å². The predicted octanol–water partition coefficient (Wildman–Crippen LogP) is 2.77. The van der Waals surface area contributed by atoms with Crippen LogP contribution in [0.2, 0.25) is 0 Å². The van der Waals surface area contributed by atoms with Crippen LogP contribution in [0.1, 0.15) is 32.3 Å². The Morgan fingerprint density at radius 2 is 1.94 bits per heavy atom. The molecule has 92 valence electrons. The Bertz CT molecular complexity index is 380. The van der Waals surface area contributed by atoms with E-state index in [9.17, 15) is 5.11 Å². The maximum atomic E-state index is 9.99. The lowest BCUT2D eigenvalue weighted by molar-refractivity contribution is 0.114. The summed E-state index contributed by atoms with van der Waals surface area (Å²) >= 11 is 0. The number of hydrogen-bond acceptors (Lipinski definition) is 3. The molecule has 17 heavy (non-hydrogen) atoms. The summed E-state index contributed by atoms with van der Waals surface area (Å²) in [5, 5.41) is 22.1. The van der Waals surface area contributed by atoms with Crippen LogP contribution in [-0.2, 0) is 0 Å². The summed E-state index contributed by atoms with van der Waals surface area (Å²) in [6, 6.07) is 9.48. The van der Waals surface area contributed by atoms with Gasteiger partial charge in [0.2, 0.25) is 0 Å². The predicted molar refractivity (Wildman–Crippen MR) is 69.7 cm³/mol. The molecule has 1 unspecified atom stereocenters. The first-order valence-electron chi connectivity index (χ1n) is 6.14.